The number of nitrogens with one attached hydrogen (secondary N) is 2. The van der Waals surface area contributed by atoms with Crippen LogP contribution in [-0.4, -0.2) is 36.5 Å². The van der Waals surface area contributed by atoms with Crippen molar-refractivity contribution in [2.75, 3.05) is 19.0 Å². The number of hydrogen-bond acceptors (Lipinski definition) is 3. The van der Waals surface area contributed by atoms with Crippen LogP contribution in [0.5, 0.6) is 5.75 Å². The summed E-state index contributed by atoms with van der Waals surface area (Å²) in [6, 6.07) is 5.83. The molecule has 0 unspecified atom stereocenters. The third kappa shape index (κ3) is 4.63. The van der Waals surface area contributed by atoms with Crippen LogP contribution in [0.2, 0.25) is 0 Å². The van der Waals surface area contributed by atoms with E-state index in [9.17, 15) is 9.59 Å². The molecule has 6 heteroatoms. The van der Waals surface area contributed by atoms with Gasteiger partial charge in [0.1, 0.15) is 5.75 Å². The van der Waals surface area contributed by atoms with Crippen LogP contribution in [0.1, 0.15) is 45.1 Å². The highest BCUT2D eigenvalue weighted by atomic mass is 16.5. The molecule has 2 aliphatic rings. The molecule has 0 atom stereocenters. The number of ether oxygens (including phenoxy) is 1. The normalized spacial score (nSPS) is 25.1. The van der Waals surface area contributed by atoms with E-state index in [0.717, 1.165) is 54.0 Å². The van der Waals surface area contributed by atoms with Crippen molar-refractivity contribution in [3.05, 3.63) is 47.2 Å². The Kier molecular flexibility index (Phi) is 6.62. The summed E-state index contributed by atoms with van der Waals surface area (Å²) in [5.74, 6) is 0.782. The van der Waals surface area contributed by atoms with E-state index in [-0.39, 0.29) is 23.9 Å². The molecule has 3 amide bonds. The van der Waals surface area contributed by atoms with E-state index in [1.807, 2.05) is 49.9 Å². The molecule has 156 valence electrons. The number of benzene rings is 1. The van der Waals surface area contributed by atoms with Crippen LogP contribution >= 0.6 is 0 Å². The molecule has 2 fully saturated rings. The van der Waals surface area contributed by atoms with Crippen LogP contribution in [-0.2, 0) is 4.79 Å². The quantitative estimate of drug-likeness (QED) is 0.792. The predicted octanol–water partition coefficient (Wildman–Crippen LogP) is 4.38. The van der Waals surface area contributed by atoms with E-state index < -0.39 is 0 Å². The molecule has 0 bridgehead atoms. The first-order valence-electron chi connectivity index (χ1n) is 10.3. The second kappa shape index (κ2) is 9.16. The van der Waals surface area contributed by atoms with Crippen LogP contribution in [0.15, 0.2) is 41.6 Å². The van der Waals surface area contributed by atoms with Crippen molar-refractivity contribution in [1.29, 1.82) is 0 Å². The number of carbonyl (C=O) groups is 2. The number of amides is 3. The molecule has 1 heterocycles. The van der Waals surface area contributed by atoms with Gasteiger partial charge in [-0.2, -0.15) is 0 Å². The van der Waals surface area contributed by atoms with Crippen LogP contribution in [0.25, 0.3) is 0 Å². The van der Waals surface area contributed by atoms with Gasteiger partial charge < -0.3 is 20.3 Å². The highest BCUT2D eigenvalue weighted by molar-refractivity contribution is 5.92. The fourth-order valence-electron chi connectivity index (χ4n) is 4.20. The number of nitrogens with zero attached hydrogens (tertiary/aromatic N) is 1. The maximum absolute atomic E-state index is 12.7. The monoisotopic (exact) mass is 397 g/mol. The number of aryl methyl sites for hydroxylation is 1. The van der Waals surface area contributed by atoms with Crippen molar-refractivity contribution in [2.45, 2.75) is 52.5 Å². The van der Waals surface area contributed by atoms with Crippen LogP contribution in [0.4, 0.5) is 10.5 Å². The molecule has 29 heavy (non-hydrogen) atoms. The van der Waals surface area contributed by atoms with Crippen molar-refractivity contribution in [3.8, 4) is 5.75 Å². The minimum Gasteiger partial charge on any atom is -0.496 e. The Hall–Kier alpha value is -2.76. The lowest BCUT2D eigenvalue weighted by Crippen LogP contribution is -2.52. The van der Waals surface area contributed by atoms with Crippen molar-refractivity contribution in [3.63, 3.8) is 0 Å². The Morgan fingerprint density at radius 3 is 2.55 bits per heavy atom. The first kappa shape index (κ1) is 21.0. The summed E-state index contributed by atoms with van der Waals surface area (Å²) in [6.07, 6.45) is 7.23. The van der Waals surface area contributed by atoms with E-state index in [2.05, 4.69) is 16.7 Å². The van der Waals surface area contributed by atoms with Gasteiger partial charge in [0.2, 0.25) is 5.91 Å². The van der Waals surface area contributed by atoms with E-state index in [1.165, 1.54) is 0 Å². The Morgan fingerprint density at radius 2 is 1.93 bits per heavy atom. The molecule has 1 saturated heterocycles. The summed E-state index contributed by atoms with van der Waals surface area (Å²) >= 11 is 0. The zero-order valence-corrected chi connectivity index (χ0v) is 17.7. The summed E-state index contributed by atoms with van der Waals surface area (Å²) < 4.78 is 5.33. The van der Waals surface area contributed by atoms with E-state index in [4.69, 9.17) is 4.74 Å². The highest BCUT2D eigenvalue weighted by Gasteiger charge is 2.34. The Labute approximate surface area is 173 Å². The zero-order chi connectivity index (χ0) is 21.0. The van der Waals surface area contributed by atoms with Crippen molar-refractivity contribution in [2.24, 2.45) is 5.92 Å². The average Bonchev–Trinajstić information content (AvgIpc) is 2.74. The van der Waals surface area contributed by atoms with Gasteiger partial charge in [0.25, 0.3) is 0 Å². The zero-order valence-electron chi connectivity index (χ0n) is 17.7. The summed E-state index contributed by atoms with van der Waals surface area (Å²) in [5.41, 5.74) is 3.83. The number of urea groups is 1. The summed E-state index contributed by atoms with van der Waals surface area (Å²) in [5, 5.41) is 6.00. The van der Waals surface area contributed by atoms with Crippen LogP contribution in [0, 0.1) is 12.8 Å². The second-order valence-corrected chi connectivity index (χ2v) is 7.75. The van der Waals surface area contributed by atoms with Gasteiger partial charge in [-0.05, 0) is 63.7 Å². The van der Waals surface area contributed by atoms with Gasteiger partial charge >= 0.3 is 6.03 Å². The van der Waals surface area contributed by atoms with E-state index in [0.29, 0.717) is 6.54 Å². The Bertz CT molecular complexity index is 836. The third-order valence-corrected chi connectivity index (χ3v) is 6.01. The smallest absolute Gasteiger partial charge is 0.322 e. The first-order valence-corrected chi connectivity index (χ1v) is 10.3. The maximum Gasteiger partial charge on any atom is 0.322 e. The molecule has 0 aromatic heterocycles. The highest BCUT2D eigenvalue weighted by Crippen LogP contribution is 2.31. The van der Waals surface area contributed by atoms with Gasteiger partial charge in [0.05, 0.1) is 7.11 Å². The second-order valence-electron chi connectivity index (χ2n) is 7.75. The lowest BCUT2D eigenvalue weighted by atomic mass is 9.84. The lowest BCUT2D eigenvalue weighted by molar-refractivity contribution is -0.121. The number of anilines is 1. The van der Waals surface area contributed by atoms with Gasteiger partial charge in [-0.3, -0.25) is 4.79 Å². The molecule has 2 N–H and O–H groups in total. The fourth-order valence-corrected chi connectivity index (χ4v) is 4.20. The minimum atomic E-state index is -0.0386. The molecular formula is C23H31N3O3. The van der Waals surface area contributed by atoms with Gasteiger partial charge in [-0.25, -0.2) is 4.79 Å². The van der Waals surface area contributed by atoms with Gasteiger partial charge in [-0.15, -0.1) is 0 Å². The average molecular weight is 398 g/mol. The molecule has 3 rings (SSSR count). The van der Waals surface area contributed by atoms with Gasteiger partial charge in [-0.1, -0.05) is 18.2 Å². The molecule has 6 nitrogen and oxygen atoms in total. The summed E-state index contributed by atoms with van der Waals surface area (Å²) in [7, 11) is 1.63. The van der Waals surface area contributed by atoms with Crippen molar-refractivity contribution >= 4 is 17.6 Å². The number of hydrogen-bond donors (Lipinski definition) is 2. The van der Waals surface area contributed by atoms with Gasteiger partial charge in [0.15, 0.2) is 0 Å². The third-order valence-electron chi connectivity index (χ3n) is 6.01. The first-order chi connectivity index (χ1) is 14.0. The molecule has 1 saturated carbocycles. The maximum atomic E-state index is 12.7. The topological polar surface area (TPSA) is 70.7 Å². The lowest BCUT2D eigenvalue weighted by Gasteiger charge is -2.40. The van der Waals surface area contributed by atoms with Gasteiger partial charge in [0, 0.05) is 36.0 Å². The molecule has 1 aromatic carbocycles. The Morgan fingerprint density at radius 1 is 1.21 bits per heavy atom. The largest absolute Gasteiger partial charge is 0.496 e. The molecule has 1 aromatic rings. The van der Waals surface area contributed by atoms with Crippen molar-refractivity contribution < 1.29 is 14.3 Å². The molecule has 0 radical (unpaired) electrons. The number of allylic oxidation sites excluding steroid dienone is 2. The SMILES string of the molecule is C/C=C1\NC(=O)N(C2CCC(C(=O)Nc3ccc(C)c(OC)c3)CC2)C\C1=C/C. The molecule has 0 spiro atoms. The van der Waals surface area contributed by atoms with E-state index in [1.54, 1.807) is 7.11 Å². The molecule has 1 aliphatic carbocycles. The minimum absolute atomic E-state index is 0.0290. The summed E-state index contributed by atoms with van der Waals surface area (Å²) in [4.78, 5) is 27.2. The number of methoxy groups -OCH3 is 1. The van der Waals surface area contributed by atoms with Crippen LogP contribution < -0.4 is 15.4 Å². The Balaban J connectivity index is 1.57. The molecule has 1 aliphatic heterocycles. The predicted molar refractivity (Wildman–Crippen MR) is 115 cm³/mol. The number of rotatable bonds is 4. The summed E-state index contributed by atoms with van der Waals surface area (Å²) in [6.45, 7) is 6.53. The van der Waals surface area contributed by atoms with Crippen molar-refractivity contribution in [1.82, 2.24) is 10.2 Å². The molecular weight excluding hydrogens is 366 g/mol. The standard InChI is InChI=1S/C23H31N3O3/c1-5-16-14-26(23(28)25-20(16)6-2)19-11-8-17(9-12-19)22(27)24-18-10-7-15(3)21(13-18)29-4/h5-7,10,13,17,19H,8-9,11-12,14H2,1-4H3,(H,24,27)(H,25,28)/b16-5+,20-6-. The van der Waals surface area contributed by atoms with E-state index >= 15 is 0 Å². The number of carbonyl (C=O) groups excluding carboxylic acids is 2. The fraction of sp³-hybridized carbons (Fsp3) is 0.478. The van der Waals surface area contributed by atoms with Crippen LogP contribution in [0.3, 0.4) is 0 Å².